The van der Waals surface area contributed by atoms with Crippen LogP contribution in [0.5, 0.6) is 0 Å². The number of hydrogen-bond donors (Lipinski definition) is 0. The second-order valence-corrected chi connectivity index (χ2v) is 4.33. The highest BCUT2D eigenvalue weighted by Crippen LogP contribution is 2.21. The van der Waals surface area contributed by atoms with E-state index in [9.17, 15) is 0 Å². The van der Waals surface area contributed by atoms with Gasteiger partial charge in [-0.1, -0.05) is 13.8 Å². The van der Waals surface area contributed by atoms with E-state index in [1.807, 2.05) is 0 Å². The lowest BCUT2D eigenvalue weighted by molar-refractivity contribution is 0.458. The SMILES string of the molecule is CC(C)Cc1nc(-c2nc[c]s2)co1. The summed E-state index contributed by atoms with van der Waals surface area (Å²) in [4.78, 5) is 8.47. The first-order valence-electron chi connectivity index (χ1n) is 4.52. The maximum atomic E-state index is 5.34. The van der Waals surface area contributed by atoms with Gasteiger partial charge in [-0.25, -0.2) is 9.97 Å². The van der Waals surface area contributed by atoms with Crippen LogP contribution in [0.1, 0.15) is 19.7 Å². The summed E-state index contributed by atoms with van der Waals surface area (Å²) in [5, 5.41) is 3.79. The number of hydrogen-bond acceptors (Lipinski definition) is 4. The van der Waals surface area contributed by atoms with E-state index in [1.165, 1.54) is 11.3 Å². The predicted octanol–water partition coefficient (Wildman–Crippen LogP) is 2.80. The molecule has 3 nitrogen and oxygen atoms in total. The highest BCUT2D eigenvalue weighted by atomic mass is 32.1. The Labute approximate surface area is 86.8 Å². The van der Waals surface area contributed by atoms with Gasteiger partial charge in [0.15, 0.2) is 5.89 Å². The van der Waals surface area contributed by atoms with E-state index in [2.05, 4.69) is 29.2 Å². The summed E-state index contributed by atoms with van der Waals surface area (Å²) in [5.74, 6) is 1.34. The zero-order valence-electron chi connectivity index (χ0n) is 8.15. The third-order valence-corrected chi connectivity index (χ3v) is 2.47. The van der Waals surface area contributed by atoms with Crippen LogP contribution in [0.15, 0.2) is 16.9 Å². The molecule has 2 rings (SSSR count). The summed E-state index contributed by atoms with van der Waals surface area (Å²) in [6.07, 6.45) is 4.18. The van der Waals surface area contributed by atoms with Crippen molar-refractivity contribution in [3.8, 4) is 10.7 Å². The normalized spacial score (nSPS) is 11.1. The van der Waals surface area contributed by atoms with Crippen LogP contribution >= 0.6 is 11.3 Å². The van der Waals surface area contributed by atoms with Crippen LogP contribution in [0, 0.1) is 11.3 Å². The molecule has 0 aromatic carbocycles. The van der Waals surface area contributed by atoms with Gasteiger partial charge in [0.2, 0.25) is 0 Å². The van der Waals surface area contributed by atoms with Crippen LogP contribution in [0.2, 0.25) is 0 Å². The molecular weight excluding hydrogens is 196 g/mol. The molecule has 1 radical (unpaired) electrons. The predicted molar refractivity (Wildman–Crippen MR) is 55.0 cm³/mol. The monoisotopic (exact) mass is 207 g/mol. The fourth-order valence-electron chi connectivity index (χ4n) is 1.16. The summed E-state index contributed by atoms with van der Waals surface area (Å²) in [6, 6.07) is 0. The van der Waals surface area contributed by atoms with Crippen molar-refractivity contribution in [1.82, 2.24) is 9.97 Å². The van der Waals surface area contributed by atoms with Crippen LogP contribution in [-0.4, -0.2) is 9.97 Å². The average Bonchev–Trinajstić information content (AvgIpc) is 2.69. The first-order valence-corrected chi connectivity index (χ1v) is 5.34. The molecule has 73 valence electrons. The molecule has 0 saturated carbocycles. The van der Waals surface area contributed by atoms with Crippen LogP contribution in [0.25, 0.3) is 10.7 Å². The minimum atomic E-state index is 0.560. The van der Waals surface area contributed by atoms with Crippen molar-refractivity contribution in [3.63, 3.8) is 0 Å². The Morgan fingerprint density at radius 1 is 1.57 bits per heavy atom. The van der Waals surface area contributed by atoms with Gasteiger partial charge in [-0.2, -0.15) is 0 Å². The molecule has 0 bridgehead atoms. The third kappa shape index (κ3) is 2.01. The van der Waals surface area contributed by atoms with Gasteiger partial charge in [0.1, 0.15) is 17.0 Å². The van der Waals surface area contributed by atoms with Gasteiger partial charge in [-0.3, -0.25) is 0 Å². The second kappa shape index (κ2) is 3.92. The number of thiazole rings is 1. The highest BCUT2D eigenvalue weighted by Gasteiger charge is 2.09. The largest absolute Gasteiger partial charge is 0.448 e. The fraction of sp³-hybridized carbons (Fsp3) is 0.400. The minimum absolute atomic E-state index is 0.560. The Bertz CT molecular complexity index is 392. The van der Waals surface area contributed by atoms with Gasteiger partial charge >= 0.3 is 0 Å². The number of rotatable bonds is 3. The zero-order valence-corrected chi connectivity index (χ0v) is 8.97. The molecule has 0 amide bonds. The Hall–Kier alpha value is -1.16. The lowest BCUT2D eigenvalue weighted by Crippen LogP contribution is -1.93. The Morgan fingerprint density at radius 3 is 3.07 bits per heavy atom. The van der Waals surface area contributed by atoms with Gasteiger partial charge < -0.3 is 4.42 Å². The molecule has 0 aliphatic carbocycles. The quantitative estimate of drug-likeness (QED) is 0.776. The third-order valence-electron chi connectivity index (χ3n) is 1.74. The molecule has 0 N–H and O–H groups in total. The molecule has 0 fully saturated rings. The van der Waals surface area contributed by atoms with Gasteiger partial charge in [0.25, 0.3) is 0 Å². The lowest BCUT2D eigenvalue weighted by Gasteiger charge is -1.96. The molecule has 0 spiro atoms. The van der Waals surface area contributed by atoms with Crippen molar-refractivity contribution in [2.24, 2.45) is 5.92 Å². The smallest absolute Gasteiger partial charge is 0.194 e. The standard InChI is InChI=1S/C10H11N2OS/c1-7(2)5-9-12-8(6-13-9)10-11-3-4-14-10/h3,6-7H,5H2,1-2H3. The Balaban J connectivity index is 2.18. The van der Waals surface area contributed by atoms with Crippen molar-refractivity contribution in [3.05, 3.63) is 23.7 Å². The van der Waals surface area contributed by atoms with E-state index in [0.29, 0.717) is 5.92 Å². The van der Waals surface area contributed by atoms with Gasteiger partial charge in [-0.05, 0) is 5.92 Å². The van der Waals surface area contributed by atoms with Crippen molar-refractivity contribution < 1.29 is 4.42 Å². The minimum Gasteiger partial charge on any atom is -0.448 e. The zero-order chi connectivity index (χ0) is 9.97. The van der Waals surface area contributed by atoms with Crippen LogP contribution < -0.4 is 0 Å². The molecule has 0 aliphatic rings. The number of nitrogens with zero attached hydrogens (tertiary/aromatic N) is 2. The molecule has 14 heavy (non-hydrogen) atoms. The maximum absolute atomic E-state index is 5.34. The Kier molecular flexibility index (Phi) is 2.63. The van der Waals surface area contributed by atoms with E-state index in [1.54, 1.807) is 12.5 Å². The summed E-state index contributed by atoms with van der Waals surface area (Å²) in [6.45, 7) is 4.28. The van der Waals surface area contributed by atoms with Crippen LogP contribution in [-0.2, 0) is 6.42 Å². The first kappa shape index (κ1) is 9.40. The van der Waals surface area contributed by atoms with Gasteiger partial charge in [0, 0.05) is 12.6 Å². The maximum Gasteiger partial charge on any atom is 0.194 e. The molecule has 0 atom stereocenters. The molecule has 2 heterocycles. The molecular formula is C10H11N2OS. The fourth-order valence-corrected chi connectivity index (χ4v) is 1.68. The topological polar surface area (TPSA) is 38.9 Å². The van der Waals surface area contributed by atoms with E-state index in [4.69, 9.17) is 4.42 Å². The van der Waals surface area contributed by atoms with Crippen LogP contribution in [0.3, 0.4) is 0 Å². The molecule has 4 heteroatoms. The second-order valence-electron chi connectivity index (χ2n) is 3.51. The summed E-state index contributed by atoms with van der Waals surface area (Å²) in [7, 11) is 0. The van der Waals surface area contributed by atoms with E-state index in [-0.39, 0.29) is 0 Å². The molecule has 0 saturated heterocycles. The number of aromatic nitrogens is 2. The molecule has 0 aliphatic heterocycles. The van der Waals surface area contributed by atoms with Crippen molar-refractivity contribution in [2.75, 3.05) is 0 Å². The van der Waals surface area contributed by atoms with E-state index >= 15 is 0 Å². The molecule has 2 aromatic heterocycles. The van der Waals surface area contributed by atoms with Crippen molar-refractivity contribution in [2.45, 2.75) is 20.3 Å². The molecule has 0 unspecified atom stereocenters. The van der Waals surface area contributed by atoms with Gasteiger partial charge in [-0.15, -0.1) is 11.3 Å². The molecule has 2 aromatic rings. The summed E-state index contributed by atoms with van der Waals surface area (Å²) < 4.78 is 5.34. The summed E-state index contributed by atoms with van der Waals surface area (Å²) in [5.41, 5.74) is 0.812. The van der Waals surface area contributed by atoms with E-state index in [0.717, 1.165) is 23.0 Å². The first-order chi connectivity index (χ1) is 6.75. The van der Waals surface area contributed by atoms with Gasteiger partial charge in [0.05, 0.1) is 5.38 Å². The van der Waals surface area contributed by atoms with E-state index < -0.39 is 0 Å². The highest BCUT2D eigenvalue weighted by molar-refractivity contribution is 7.12. The Morgan fingerprint density at radius 2 is 2.43 bits per heavy atom. The van der Waals surface area contributed by atoms with Crippen molar-refractivity contribution in [1.29, 1.82) is 0 Å². The van der Waals surface area contributed by atoms with Crippen LogP contribution in [0.4, 0.5) is 0 Å². The average molecular weight is 207 g/mol. The number of oxazole rings is 1. The summed E-state index contributed by atoms with van der Waals surface area (Å²) >= 11 is 1.45. The van der Waals surface area contributed by atoms with Crippen molar-refractivity contribution >= 4 is 11.3 Å². The lowest BCUT2D eigenvalue weighted by atomic mass is 10.1.